The predicted octanol–water partition coefficient (Wildman–Crippen LogP) is 15.6. The Morgan fingerprint density at radius 1 is 0.321 bits per heavy atom. The molecule has 0 saturated carbocycles. The summed E-state index contributed by atoms with van der Waals surface area (Å²) in [5.74, 6) is 0. The first-order valence-corrected chi connectivity index (χ1v) is 18.5. The first-order chi connectivity index (χ1) is 31.1. The second-order valence-corrected chi connectivity index (χ2v) is 14.2. The van der Waals surface area contributed by atoms with Gasteiger partial charge in [-0.1, -0.05) is 151 Å². The Bertz CT molecular complexity index is 3920. The van der Waals surface area contributed by atoms with Crippen molar-refractivity contribution < 1.29 is 19.8 Å². The molecule has 2 nitrogen and oxygen atoms in total. The number of benzene rings is 10. The van der Waals surface area contributed by atoms with Gasteiger partial charge in [0.15, 0.2) is 0 Å². The molecule has 0 atom stereocenters. The van der Waals surface area contributed by atoms with Gasteiger partial charge in [-0.25, -0.2) is 0 Å². The van der Waals surface area contributed by atoms with Crippen LogP contribution >= 0.6 is 0 Å². The van der Waals surface area contributed by atoms with Gasteiger partial charge in [0.1, 0.15) is 22.3 Å². The molecule has 0 fully saturated rings. The first kappa shape index (κ1) is 24.1. The summed E-state index contributed by atoms with van der Waals surface area (Å²) >= 11 is 0. The van der Waals surface area contributed by atoms with E-state index in [2.05, 4.69) is 30.3 Å². The van der Waals surface area contributed by atoms with E-state index in [1.165, 1.54) is 0 Å². The lowest BCUT2D eigenvalue weighted by atomic mass is 9.83. The molecule has 56 heavy (non-hydrogen) atoms. The monoisotopic (exact) mass is 720 g/mol. The van der Waals surface area contributed by atoms with E-state index in [9.17, 15) is 5.48 Å². The third-order valence-electron chi connectivity index (χ3n) is 11.1. The average Bonchev–Trinajstić information content (AvgIpc) is 3.90. The van der Waals surface area contributed by atoms with Crippen molar-refractivity contribution in [2.75, 3.05) is 0 Å². The maximum Gasteiger partial charge on any atom is 0.136 e. The molecule has 0 aliphatic rings. The van der Waals surface area contributed by atoms with Gasteiger partial charge in [0.25, 0.3) is 0 Å². The summed E-state index contributed by atoms with van der Waals surface area (Å²) in [6, 6.07) is 44.2. The van der Waals surface area contributed by atoms with Crippen LogP contribution in [-0.4, -0.2) is 0 Å². The van der Waals surface area contributed by atoms with Crippen molar-refractivity contribution in [1.29, 1.82) is 0 Å². The van der Waals surface area contributed by atoms with Crippen molar-refractivity contribution in [3.05, 3.63) is 194 Å². The van der Waals surface area contributed by atoms with Crippen molar-refractivity contribution in [1.82, 2.24) is 0 Å². The maximum atomic E-state index is 9.44. The molecule has 0 radical (unpaired) electrons. The van der Waals surface area contributed by atoms with Gasteiger partial charge in [-0.15, -0.1) is 0 Å². The second kappa shape index (κ2) is 12.0. The minimum Gasteiger partial charge on any atom is -0.456 e. The summed E-state index contributed by atoms with van der Waals surface area (Å²) in [6.07, 6.45) is 0. The molecule has 2 heteroatoms. The van der Waals surface area contributed by atoms with Crippen LogP contribution in [0.3, 0.4) is 0 Å². The van der Waals surface area contributed by atoms with E-state index < -0.39 is 24.2 Å². The Morgan fingerprint density at radius 3 is 1.55 bits per heavy atom. The van der Waals surface area contributed by atoms with Crippen LogP contribution in [0.5, 0.6) is 0 Å². The molecular formula is C54H32O2. The summed E-state index contributed by atoms with van der Waals surface area (Å²) in [5.41, 5.74) is 8.45. The fourth-order valence-corrected chi connectivity index (χ4v) is 8.60. The highest BCUT2D eigenvalue weighted by Gasteiger charge is 2.20. The first-order valence-electron chi connectivity index (χ1n) is 22.5. The molecule has 2 aromatic heterocycles. The number of hydrogen-bond donors (Lipinski definition) is 0. The summed E-state index contributed by atoms with van der Waals surface area (Å²) in [6.45, 7) is 0. The molecule has 0 spiro atoms. The maximum absolute atomic E-state index is 9.44. The summed E-state index contributed by atoms with van der Waals surface area (Å²) < 4.78 is 85.9. The van der Waals surface area contributed by atoms with Gasteiger partial charge >= 0.3 is 0 Å². The van der Waals surface area contributed by atoms with Crippen molar-refractivity contribution in [3.63, 3.8) is 0 Å². The molecule has 12 rings (SSSR count). The summed E-state index contributed by atoms with van der Waals surface area (Å²) in [5, 5.41) is 6.53. The number of furan rings is 2. The highest BCUT2D eigenvalue weighted by atomic mass is 16.3. The van der Waals surface area contributed by atoms with E-state index in [-0.39, 0.29) is 45.7 Å². The fraction of sp³-hybridized carbons (Fsp3) is 0. The molecule has 260 valence electrons. The van der Waals surface area contributed by atoms with Gasteiger partial charge in [0, 0.05) is 21.5 Å². The number of fused-ring (bicyclic) bond motifs is 10. The normalized spacial score (nSPS) is 13.9. The van der Waals surface area contributed by atoms with E-state index in [1.807, 2.05) is 115 Å². The molecule has 2 heterocycles. The third kappa shape index (κ3) is 4.63. The highest BCUT2D eigenvalue weighted by Crippen LogP contribution is 2.47. The van der Waals surface area contributed by atoms with Crippen molar-refractivity contribution in [3.8, 4) is 44.5 Å². The highest BCUT2D eigenvalue weighted by molar-refractivity contribution is 6.26. The van der Waals surface area contributed by atoms with Gasteiger partial charge in [-0.3, -0.25) is 0 Å². The van der Waals surface area contributed by atoms with Gasteiger partial charge < -0.3 is 8.83 Å². The van der Waals surface area contributed by atoms with Crippen LogP contribution in [0.4, 0.5) is 0 Å². The average molecular weight is 721 g/mol. The Labute approximate surface area is 333 Å². The quantitative estimate of drug-likeness (QED) is 0.169. The zero-order valence-corrected chi connectivity index (χ0v) is 29.7. The lowest BCUT2D eigenvalue weighted by Gasteiger charge is -2.20. The summed E-state index contributed by atoms with van der Waals surface area (Å²) in [4.78, 5) is 0. The Hall–Kier alpha value is -7.42. The SMILES string of the molecule is [2H]c1c([2H])c([2H])c2c(-c3ccccc3-c3ccccc3)c3c([2H])c([2H])c([2H])c([2H])c3c(-c3ccc4cc(-c5ccc6c(c5)oc5ccc7oc8ccccc8c7c56)ccc4c3)c2c1[2H]. The smallest absolute Gasteiger partial charge is 0.136 e. The standard InChI is InChI=1S/C54H32O2/c1-2-12-33(13-3-1)39-14-4-5-15-40(39)52-43-18-8-6-16-41(43)51(42-17-7-9-19-44(42)52)38-25-24-34-30-35(22-23-36(34)31-38)37-26-27-46-50(32-37)56-49-29-28-48-53(54(46)49)45-20-10-11-21-47(45)55-48/h1-32H/i6D,7D,8D,9D,16D,17D,18D,19D. The minimum absolute atomic E-state index is 0.178. The molecule has 0 aliphatic heterocycles. The number of hydrogen-bond acceptors (Lipinski definition) is 2. The van der Waals surface area contributed by atoms with E-state index in [4.69, 9.17) is 14.3 Å². The molecule has 0 amide bonds. The van der Waals surface area contributed by atoms with Crippen LogP contribution < -0.4 is 0 Å². The van der Waals surface area contributed by atoms with Crippen LogP contribution in [0.15, 0.2) is 203 Å². The summed E-state index contributed by atoms with van der Waals surface area (Å²) in [7, 11) is 0. The van der Waals surface area contributed by atoms with Gasteiger partial charge in [-0.05, 0) is 119 Å². The van der Waals surface area contributed by atoms with Crippen LogP contribution in [0.2, 0.25) is 0 Å². The molecule has 0 aliphatic carbocycles. The van der Waals surface area contributed by atoms with Gasteiger partial charge in [0.2, 0.25) is 0 Å². The molecule has 12 aromatic rings. The van der Waals surface area contributed by atoms with Crippen LogP contribution in [-0.2, 0) is 0 Å². The minimum atomic E-state index is -0.435. The predicted molar refractivity (Wildman–Crippen MR) is 235 cm³/mol. The molecule has 10 aromatic carbocycles. The van der Waals surface area contributed by atoms with Crippen LogP contribution in [0, 0.1) is 0 Å². The van der Waals surface area contributed by atoms with E-state index in [1.54, 1.807) is 0 Å². The Morgan fingerprint density at radius 2 is 0.839 bits per heavy atom. The molecule has 0 unspecified atom stereocenters. The Kier molecular flexibility index (Phi) is 5.18. The van der Waals surface area contributed by atoms with Gasteiger partial charge in [-0.2, -0.15) is 0 Å². The molecule has 0 saturated heterocycles. The number of para-hydroxylation sites is 1. The lowest BCUT2D eigenvalue weighted by molar-refractivity contribution is 0.663. The van der Waals surface area contributed by atoms with Crippen molar-refractivity contribution in [2.45, 2.75) is 0 Å². The lowest BCUT2D eigenvalue weighted by Crippen LogP contribution is -1.92. The Balaban J connectivity index is 1.08. The van der Waals surface area contributed by atoms with Crippen LogP contribution in [0.25, 0.3) is 121 Å². The fourth-order valence-electron chi connectivity index (χ4n) is 8.60. The van der Waals surface area contributed by atoms with Gasteiger partial charge in [0.05, 0.1) is 11.0 Å². The second-order valence-electron chi connectivity index (χ2n) is 14.2. The molecule has 0 N–H and O–H groups in total. The van der Waals surface area contributed by atoms with E-state index in [0.29, 0.717) is 22.3 Å². The third-order valence-corrected chi connectivity index (χ3v) is 11.1. The molecule has 0 bridgehead atoms. The van der Waals surface area contributed by atoms with Crippen molar-refractivity contribution in [2.24, 2.45) is 0 Å². The molecular weight excluding hydrogens is 681 g/mol. The number of rotatable bonds is 4. The zero-order valence-electron chi connectivity index (χ0n) is 37.7. The topological polar surface area (TPSA) is 26.3 Å². The van der Waals surface area contributed by atoms with E-state index >= 15 is 0 Å². The zero-order chi connectivity index (χ0) is 43.7. The van der Waals surface area contributed by atoms with Crippen molar-refractivity contribution >= 4 is 76.2 Å². The largest absolute Gasteiger partial charge is 0.456 e. The van der Waals surface area contributed by atoms with E-state index in [0.717, 1.165) is 76.9 Å². The van der Waals surface area contributed by atoms with Crippen LogP contribution in [0.1, 0.15) is 11.0 Å².